The largest absolute Gasteiger partial charge is 0.417 e. The number of aryl methyl sites for hydroxylation is 1. The molecule has 0 saturated carbocycles. The van der Waals surface area contributed by atoms with E-state index < -0.39 is 50.4 Å². The van der Waals surface area contributed by atoms with Crippen LogP contribution in [0, 0.1) is 11.6 Å². The maximum atomic E-state index is 13.7. The minimum absolute atomic E-state index is 0.0176. The number of rotatable bonds is 11. The van der Waals surface area contributed by atoms with E-state index in [0.717, 1.165) is 47.9 Å². The van der Waals surface area contributed by atoms with Crippen LogP contribution in [-0.4, -0.2) is 32.2 Å². The first-order chi connectivity index (χ1) is 17.4. The Morgan fingerprint density at radius 2 is 1.54 bits per heavy atom. The van der Waals surface area contributed by atoms with Crippen LogP contribution in [-0.2, 0) is 35.6 Å². The molecule has 0 amide bonds. The standard InChI is InChI=1S/C26H27F5N2O3S/c1-2-17-6-5-7-18(10-17)15-32-16-24(34)23(13-19-11-20(27)14-21(28)12-19)33-37(35,36)25-9-4-3-8-22(25)26(29,30)31/h3-12,14,23-24,32-34H,2,13,15-16H2,1H3/t23-,24+/m1/s1. The number of hydrogen-bond donors (Lipinski definition) is 3. The van der Waals surface area contributed by atoms with E-state index in [4.69, 9.17) is 0 Å². The maximum absolute atomic E-state index is 13.7. The second-order valence-corrected chi connectivity index (χ2v) is 10.3. The van der Waals surface area contributed by atoms with Gasteiger partial charge in [0.1, 0.15) is 11.6 Å². The molecule has 200 valence electrons. The number of aliphatic hydroxyl groups excluding tert-OH is 1. The molecule has 0 aliphatic carbocycles. The Kier molecular flexibility index (Phi) is 9.41. The van der Waals surface area contributed by atoms with E-state index in [9.17, 15) is 35.5 Å². The van der Waals surface area contributed by atoms with Crippen LogP contribution < -0.4 is 10.0 Å². The molecule has 3 N–H and O–H groups in total. The molecule has 3 rings (SSSR count). The fourth-order valence-corrected chi connectivity index (χ4v) is 5.40. The minimum atomic E-state index is -4.94. The molecule has 0 radical (unpaired) electrons. The van der Waals surface area contributed by atoms with Gasteiger partial charge in [-0.15, -0.1) is 0 Å². The monoisotopic (exact) mass is 542 g/mol. The maximum Gasteiger partial charge on any atom is 0.417 e. The number of hydrogen-bond acceptors (Lipinski definition) is 4. The number of nitrogens with one attached hydrogen (secondary N) is 2. The topological polar surface area (TPSA) is 78.4 Å². The van der Waals surface area contributed by atoms with Gasteiger partial charge in [0.2, 0.25) is 10.0 Å². The van der Waals surface area contributed by atoms with E-state index in [0.29, 0.717) is 18.7 Å². The summed E-state index contributed by atoms with van der Waals surface area (Å²) < 4.78 is 96.0. The van der Waals surface area contributed by atoms with Crippen molar-refractivity contribution in [2.24, 2.45) is 0 Å². The fraction of sp³-hybridized carbons (Fsp3) is 0.308. The van der Waals surface area contributed by atoms with Crippen LogP contribution >= 0.6 is 0 Å². The SMILES string of the molecule is CCc1cccc(CNC[C@H](O)[C@@H](Cc2cc(F)cc(F)c2)NS(=O)(=O)c2ccccc2C(F)(F)F)c1. The third kappa shape index (κ3) is 8.06. The lowest BCUT2D eigenvalue weighted by Crippen LogP contribution is -2.48. The highest BCUT2D eigenvalue weighted by atomic mass is 32.2. The van der Waals surface area contributed by atoms with Crippen molar-refractivity contribution in [2.75, 3.05) is 6.54 Å². The first kappa shape index (κ1) is 28.7. The van der Waals surface area contributed by atoms with Crippen molar-refractivity contribution in [2.45, 2.75) is 49.5 Å². The number of sulfonamides is 1. The lowest BCUT2D eigenvalue weighted by Gasteiger charge is -2.25. The molecular weight excluding hydrogens is 515 g/mol. The second kappa shape index (κ2) is 12.1. The molecule has 0 fully saturated rings. The van der Waals surface area contributed by atoms with Crippen molar-refractivity contribution in [3.05, 3.63) is 101 Å². The lowest BCUT2D eigenvalue weighted by atomic mass is 10.0. The molecule has 0 aliphatic rings. The Labute approximate surface area is 212 Å². The van der Waals surface area contributed by atoms with Gasteiger partial charge in [-0.25, -0.2) is 21.9 Å². The van der Waals surface area contributed by atoms with Gasteiger partial charge in [0, 0.05) is 19.2 Å². The normalized spacial score (nSPS) is 13.9. The molecule has 0 spiro atoms. The van der Waals surface area contributed by atoms with E-state index >= 15 is 0 Å². The number of alkyl halides is 3. The Hall–Kier alpha value is -2.86. The highest BCUT2D eigenvalue weighted by molar-refractivity contribution is 7.89. The van der Waals surface area contributed by atoms with Crippen molar-refractivity contribution in [3.8, 4) is 0 Å². The highest BCUT2D eigenvalue weighted by Crippen LogP contribution is 2.34. The summed E-state index contributed by atoms with van der Waals surface area (Å²) in [4.78, 5) is -1.02. The van der Waals surface area contributed by atoms with Gasteiger partial charge < -0.3 is 10.4 Å². The van der Waals surface area contributed by atoms with Crippen LogP contribution in [0.2, 0.25) is 0 Å². The first-order valence-corrected chi connectivity index (χ1v) is 13.0. The minimum Gasteiger partial charge on any atom is -0.390 e. The zero-order valence-corrected chi connectivity index (χ0v) is 20.7. The average Bonchev–Trinajstić information content (AvgIpc) is 2.82. The third-order valence-corrected chi connectivity index (χ3v) is 7.26. The van der Waals surface area contributed by atoms with Crippen molar-refractivity contribution in [1.29, 1.82) is 0 Å². The summed E-state index contributed by atoms with van der Waals surface area (Å²) in [6.45, 7) is 2.18. The Bertz CT molecular complexity index is 1300. The average molecular weight is 543 g/mol. The fourth-order valence-electron chi connectivity index (χ4n) is 3.90. The molecule has 37 heavy (non-hydrogen) atoms. The van der Waals surface area contributed by atoms with Gasteiger partial charge >= 0.3 is 6.18 Å². The van der Waals surface area contributed by atoms with Gasteiger partial charge in [0.25, 0.3) is 0 Å². The summed E-state index contributed by atoms with van der Waals surface area (Å²) in [7, 11) is -4.79. The predicted octanol–water partition coefficient (Wildman–Crippen LogP) is 4.59. The zero-order valence-electron chi connectivity index (χ0n) is 19.9. The van der Waals surface area contributed by atoms with Crippen molar-refractivity contribution in [3.63, 3.8) is 0 Å². The number of benzene rings is 3. The van der Waals surface area contributed by atoms with Crippen LogP contribution in [0.5, 0.6) is 0 Å². The molecule has 0 saturated heterocycles. The third-order valence-electron chi connectivity index (χ3n) is 5.71. The molecule has 5 nitrogen and oxygen atoms in total. The second-order valence-electron chi connectivity index (χ2n) is 8.58. The Morgan fingerprint density at radius 1 is 0.892 bits per heavy atom. The van der Waals surface area contributed by atoms with E-state index in [1.165, 1.54) is 0 Å². The lowest BCUT2D eigenvalue weighted by molar-refractivity contribution is -0.139. The Morgan fingerprint density at radius 3 is 2.19 bits per heavy atom. The van der Waals surface area contributed by atoms with E-state index in [1.54, 1.807) is 0 Å². The Balaban J connectivity index is 1.84. The highest BCUT2D eigenvalue weighted by Gasteiger charge is 2.38. The molecular formula is C26H27F5N2O3S. The molecule has 0 aliphatic heterocycles. The molecule has 0 bridgehead atoms. The molecule has 11 heteroatoms. The van der Waals surface area contributed by atoms with Crippen molar-refractivity contribution >= 4 is 10.0 Å². The molecule has 3 aromatic rings. The summed E-state index contributed by atoms with van der Waals surface area (Å²) in [6, 6.07) is 12.4. The summed E-state index contributed by atoms with van der Waals surface area (Å²) in [6.07, 6.45) is -5.95. The summed E-state index contributed by atoms with van der Waals surface area (Å²) in [5, 5.41) is 13.8. The predicted molar refractivity (Wildman–Crippen MR) is 129 cm³/mol. The van der Waals surface area contributed by atoms with E-state index in [1.807, 2.05) is 31.2 Å². The summed E-state index contributed by atoms with van der Waals surface area (Å²) in [5.74, 6) is -1.83. The van der Waals surface area contributed by atoms with Crippen LogP contribution in [0.3, 0.4) is 0 Å². The quantitative estimate of drug-likeness (QED) is 0.310. The van der Waals surface area contributed by atoms with Crippen LogP contribution in [0.1, 0.15) is 29.2 Å². The van der Waals surface area contributed by atoms with Crippen molar-refractivity contribution in [1.82, 2.24) is 10.0 Å². The summed E-state index contributed by atoms with van der Waals surface area (Å²) >= 11 is 0. The first-order valence-electron chi connectivity index (χ1n) is 11.5. The van der Waals surface area contributed by atoms with Gasteiger partial charge in [0.05, 0.1) is 22.6 Å². The van der Waals surface area contributed by atoms with Gasteiger partial charge in [-0.05, 0) is 53.8 Å². The van der Waals surface area contributed by atoms with E-state index in [2.05, 4.69) is 10.0 Å². The summed E-state index contributed by atoms with van der Waals surface area (Å²) in [5.41, 5.74) is 0.655. The van der Waals surface area contributed by atoms with Gasteiger partial charge in [-0.3, -0.25) is 0 Å². The van der Waals surface area contributed by atoms with Crippen LogP contribution in [0.4, 0.5) is 22.0 Å². The van der Waals surface area contributed by atoms with Gasteiger partial charge in [0.15, 0.2) is 0 Å². The number of aliphatic hydroxyl groups is 1. The molecule has 2 atom stereocenters. The molecule has 0 aromatic heterocycles. The molecule has 3 aromatic carbocycles. The molecule has 0 unspecified atom stereocenters. The zero-order chi connectivity index (χ0) is 27.2. The van der Waals surface area contributed by atoms with Crippen LogP contribution in [0.25, 0.3) is 0 Å². The van der Waals surface area contributed by atoms with Gasteiger partial charge in [-0.1, -0.05) is 43.3 Å². The molecule has 0 heterocycles. The van der Waals surface area contributed by atoms with Crippen molar-refractivity contribution < 1.29 is 35.5 Å². The van der Waals surface area contributed by atoms with Crippen LogP contribution in [0.15, 0.2) is 71.6 Å². The smallest absolute Gasteiger partial charge is 0.390 e. The number of halogens is 5. The van der Waals surface area contributed by atoms with Gasteiger partial charge in [-0.2, -0.15) is 13.2 Å². The van der Waals surface area contributed by atoms with E-state index in [-0.39, 0.29) is 18.5 Å².